The third-order valence-corrected chi connectivity index (χ3v) is 2.38. The van der Waals surface area contributed by atoms with Gasteiger partial charge in [0.2, 0.25) is 0 Å². The van der Waals surface area contributed by atoms with E-state index in [2.05, 4.69) is 44.2 Å². The molecule has 0 aliphatic rings. The van der Waals surface area contributed by atoms with E-state index < -0.39 is 0 Å². The van der Waals surface area contributed by atoms with Crippen LogP contribution in [0.2, 0.25) is 0 Å². The van der Waals surface area contributed by atoms with Crippen LogP contribution in [0.1, 0.15) is 39.5 Å². The molecular formula is C14H22N6O2. The minimum Gasteiger partial charge on any atom is -0.462 e. The molecular weight excluding hydrogens is 284 g/mol. The van der Waals surface area contributed by atoms with Crippen molar-refractivity contribution in [2.45, 2.75) is 39.5 Å². The maximum absolute atomic E-state index is 5.16. The van der Waals surface area contributed by atoms with E-state index in [1.165, 1.54) is 12.4 Å². The number of nitrogens with zero attached hydrogens (tertiary/aromatic N) is 6. The highest BCUT2D eigenvalue weighted by Crippen LogP contribution is 1.97. The lowest BCUT2D eigenvalue weighted by atomic mass is 10.4. The van der Waals surface area contributed by atoms with E-state index in [4.69, 9.17) is 9.47 Å². The Kier molecular flexibility index (Phi) is 9.93. The van der Waals surface area contributed by atoms with Gasteiger partial charge in [-0.1, -0.05) is 36.9 Å². The zero-order valence-corrected chi connectivity index (χ0v) is 13.1. The van der Waals surface area contributed by atoms with Gasteiger partial charge in [-0.3, -0.25) is 0 Å². The van der Waals surface area contributed by atoms with Crippen LogP contribution < -0.4 is 9.47 Å². The minimum absolute atomic E-state index is 0.362. The highest BCUT2D eigenvalue weighted by atomic mass is 16.5. The molecule has 0 amide bonds. The molecule has 22 heavy (non-hydrogen) atoms. The van der Waals surface area contributed by atoms with Gasteiger partial charge in [-0.05, 0) is 12.8 Å². The predicted molar refractivity (Wildman–Crippen MR) is 80.5 cm³/mol. The van der Waals surface area contributed by atoms with Crippen molar-refractivity contribution in [2.75, 3.05) is 13.2 Å². The summed E-state index contributed by atoms with van der Waals surface area (Å²) in [7, 11) is 0. The molecule has 2 aromatic rings. The van der Waals surface area contributed by atoms with Gasteiger partial charge in [0, 0.05) is 0 Å². The fraction of sp³-hybridized carbons (Fsp3) is 0.571. The van der Waals surface area contributed by atoms with Gasteiger partial charge in [-0.25, -0.2) is 9.97 Å². The zero-order valence-electron chi connectivity index (χ0n) is 13.1. The molecule has 0 saturated carbocycles. The first-order valence-electron chi connectivity index (χ1n) is 7.39. The van der Waals surface area contributed by atoms with E-state index in [1.54, 1.807) is 12.4 Å². The molecule has 0 radical (unpaired) electrons. The Hall–Kier alpha value is -2.38. The lowest BCUT2D eigenvalue weighted by Gasteiger charge is -1.99. The van der Waals surface area contributed by atoms with Crippen molar-refractivity contribution in [3.05, 3.63) is 24.8 Å². The second-order valence-electron chi connectivity index (χ2n) is 4.25. The molecule has 0 atom stereocenters. The Morgan fingerprint density at radius 2 is 1.18 bits per heavy atom. The highest BCUT2D eigenvalue weighted by Gasteiger charge is 1.93. The summed E-state index contributed by atoms with van der Waals surface area (Å²) in [5, 5.41) is 14.6. The van der Waals surface area contributed by atoms with Crippen LogP contribution in [0.5, 0.6) is 12.0 Å². The Balaban J connectivity index is 0.000000220. The zero-order chi connectivity index (χ0) is 15.9. The molecule has 2 rings (SSSR count). The van der Waals surface area contributed by atoms with Crippen LogP contribution in [0.15, 0.2) is 24.8 Å². The topological polar surface area (TPSA) is 95.8 Å². The Morgan fingerprint density at radius 3 is 1.50 bits per heavy atom. The summed E-state index contributed by atoms with van der Waals surface area (Å²) in [5.41, 5.74) is 0. The van der Waals surface area contributed by atoms with Gasteiger partial charge < -0.3 is 9.47 Å². The first kappa shape index (κ1) is 17.7. The van der Waals surface area contributed by atoms with Crippen LogP contribution in [0, 0.1) is 0 Å². The summed E-state index contributed by atoms with van der Waals surface area (Å²) in [6.45, 7) is 5.55. The van der Waals surface area contributed by atoms with Crippen LogP contribution in [-0.2, 0) is 0 Å². The fourth-order valence-electron chi connectivity index (χ4n) is 1.22. The van der Waals surface area contributed by atoms with Crippen molar-refractivity contribution >= 4 is 0 Å². The summed E-state index contributed by atoms with van der Waals surface area (Å²) >= 11 is 0. The van der Waals surface area contributed by atoms with Crippen LogP contribution in [-0.4, -0.2) is 43.6 Å². The van der Waals surface area contributed by atoms with Gasteiger partial charge in [0.15, 0.2) is 0 Å². The monoisotopic (exact) mass is 306 g/mol. The largest absolute Gasteiger partial charge is 0.462 e. The summed E-state index contributed by atoms with van der Waals surface area (Å²) in [6.07, 6.45) is 10.4. The van der Waals surface area contributed by atoms with Crippen molar-refractivity contribution in [1.29, 1.82) is 0 Å². The lowest BCUT2D eigenvalue weighted by Crippen LogP contribution is -2.00. The predicted octanol–water partition coefficient (Wildman–Crippen LogP) is 2.10. The third kappa shape index (κ3) is 8.72. The van der Waals surface area contributed by atoms with Crippen LogP contribution in [0.3, 0.4) is 0 Å². The van der Waals surface area contributed by atoms with Crippen molar-refractivity contribution < 1.29 is 9.47 Å². The molecule has 0 bridgehead atoms. The molecule has 0 unspecified atom stereocenters. The SMILES string of the molecule is CCCCOc1nccnn1.CCCCOc1nccnn1. The van der Waals surface area contributed by atoms with Gasteiger partial charge in [-0.15, -0.1) is 0 Å². The molecule has 2 heterocycles. The molecule has 0 aliphatic carbocycles. The number of unbranched alkanes of at least 4 members (excludes halogenated alkanes) is 2. The quantitative estimate of drug-likeness (QED) is 0.684. The van der Waals surface area contributed by atoms with Crippen LogP contribution >= 0.6 is 0 Å². The number of hydrogen-bond donors (Lipinski definition) is 0. The molecule has 8 nitrogen and oxygen atoms in total. The Morgan fingerprint density at radius 1 is 0.727 bits per heavy atom. The first-order chi connectivity index (χ1) is 10.9. The molecule has 0 saturated heterocycles. The van der Waals surface area contributed by atoms with E-state index in [9.17, 15) is 0 Å². The maximum Gasteiger partial charge on any atom is 0.335 e. The number of hydrogen-bond acceptors (Lipinski definition) is 8. The van der Waals surface area contributed by atoms with Crippen LogP contribution in [0.4, 0.5) is 0 Å². The second kappa shape index (κ2) is 12.4. The number of aromatic nitrogens is 6. The summed E-state index contributed by atoms with van der Waals surface area (Å²) in [5.74, 6) is 0. The van der Waals surface area contributed by atoms with Crippen molar-refractivity contribution in [3.63, 3.8) is 0 Å². The molecule has 0 aromatic carbocycles. The summed E-state index contributed by atoms with van der Waals surface area (Å²) < 4.78 is 10.3. The Labute approximate surface area is 130 Å². The minimum atomic E-state index is 0.362. The molecule has 0 spiro atoms. The first-order valence-corrected chi connectivity index (χ1v) is 7.39. The van der Waals surface area contributed by atoms with Gasteiger partial charge in [-0.2, -0.15) is 10.2 Å². The molecule has 0 aliphatic heterocycles. The molecule has 2 aromatic heterocycles. The van der Waals surface area contributed by atoms with E-state index >= 15 is 0 Å². The molecule has 0 N–H and O–H groups in total. The maximum atomic E-state index is 5.16. The van der Waals surface area contributed by atoms with E-state index in [0.717, 1.165) is 25.7 Å². The molecule has 8 heteroatoms. The summed E-state index contributed by atoms with van der Waals surface area (Å²) in [4.78, 5) is 7.71. The number of rotatable bonds is 8. The van der Waals surface area contributed by atoms with Crippen molar-refractivity contribution in [3.8, 4) is 12.0 Å². The molecule has 120 valence electrons. The van der Waals surface area contributed by atoms with Gasteiger partial charge in [0.1, 0.15) is 0 Å². The molecule has 0 fully saturated rings. The third-order valence-electron chi connectivity index (χ3n) is 2.38. The van der Waals surface area contributed by atoms with Gasteiger partial charge in [0.05, 0.1) is 38.0 Å². The van der Waals surface area contributed by atoms with Crippen molar-refractivity contribution in [2.24, 2.45) is 0 Å². The fourth-order valence-corrected chi connectivity index (χ4v) is 1.22. The van der Waals surface area contributed by atoms with E-state index in [0.29, 0.717) is 25.2 Å². The van der Waals surface area contributed by atoms with Gasteiger partial charge in [0.25, 0.3) is 0 Å². The highest BCUT2D eigenvalue weighted by molar-refractivity contribution is 4.86. The van der Waals surface area contributed by atoms with Crippen LogP contribution in [0.25, 0.3) is 0 Å². The van der Waals surface area contributed by atoms with E-state index in [1.807, 2.05) is 0 Å². The van der Waals surface area contributed by atoms with Crippen molar-refractivity contribution in [1.82, 2.24) is 30.4 Å². The normalized spacial score (nSPS) is 9.55. The average Bonchev–Trinajstić information content (AvgIpc) is 2.58. The smallest absolute Gasteiger partial charge is 0.335 e. The second-order valence-corrected chi connectivity index (χ2v) is 4.25. The van der Waals surface area contributed by atoms with E-state index in [-0.39, 0.29) is 0 Å². The van der Waals surface area contributed by atoms with Gasteiger partial charge >= 0.3 is 12.0 Å². The standard InChI is InChI=1S/2C7H11N3O/c2*1-2-3-6-11-7-8-4-5-9-10-7/h2*4-5H,2-3,6H2,1H3. The average molecular weight is 306 g/mol. The number of ether oxygens (including phenoxy) is 2. The lowest BCUT2D eigenvalue weighted by molar-refractivity contribution is 0.281. The Bertz CT molecular complexity index is 426. The summed E-state index contributed by atoms with van der Waals surface area (Å²) in [6, 6.07) is 0.724.